The predicted molar refractivity (Wildman–Crippen MR) is 55.2 cm³/mol. The third-order valence-electron chi connectivity index (χ3n) is 4.10. The van der Waals surface area contributed by atoms with Gasteiger partial charge in [0.1, 0.15) is 0 Å². The summed E-state index contributed by atoms with van der Waals surface area (Å²) in [7, 11) is 0. The van der Waals surface area contributed by atoms with Gasteiger partial charge in [0.15, 0.2) is 0 Å². The van der Waals surface area contributed by atoms with E-state index < -0.39 is 0 Å². The highest BCUT2D eigenvalue weighted by Gasteiger charge is 2.42. The second-order valence-corrected chi connectivity index (χ2v) is 5.13. The molecule has 0 aromatic carbocycles. The lowest BCUT2D eigenvalue weighted by Crippen LogP contribution is -2.29. The summed E-state index contributed by atoms with van der Waals surface area (Å²) in [4.78, 5) is 2.42. The van der Waals surface area contributed by atoms with Crippen molar-refractivity contribution in [3.8, 4) is 0 Å². The molecule has 2 rings (SSSR count). The van der Waals surface area contributed by atoms with Gasteiger partial charge in [-0.2, -0.15) is 0 Å². The predicted octanol–water partition coefficient (Wildman–Crippen LogP) is 1.52. The van der Waals surface area contributed by atoms with Gasteiger partial charge in [-0.3, -0.25) is 4.90 Å². The summed E-state index contributed by atoms with van der Waals surface area (Å²) in [5.41, 5.74) is 5.68. The molecule has 2 nitrogen and oxygen atoms in total. The second-order valence-electron chi connectivity index (χ2n) is 5.13. The lowest BCUT2D eigenvalue weighted by atomic mass is 9.84. The van der Waals surface area contributed by atoms with E-state index in [1.54, 1.807) is 0 Å². The standard InChI is InChI=1S/C11H22N2/c1-8(2)10-4-3-9-5-13(7-12)6-11(9)10/h8-11H,3-7,12H2,1-2H3. The van der Waals surface area contributed by atoms with Crippen molar-refractivity contribution < 1.29 is 0 Å². The molecule has 1 aliphatic carbocycles. The van der Waals surface area contributed by atoms with Crippen molar-refractivity contribution in [1.29, 1.82) is 0 Å². The van der Waals surface area contributed by atoms with E-state index in [9.17, 15) is 0 Å². The highest BCUT2D eigenvalue weighted by Crippen LogP contribution is 2.44. The molecule has 0 radical (unpaired) electrons. The molecule has 0 aromatic rings. The van der Waals surface area contributed by atoms with Crippen LogP contribution in [0.5, 0.6) is 0 Å². The SMILES string of the molecule is CC(C)C1CCC2CN(CN)CC21. The van der Waals surface area contributed by atoms with Gasteiger partial charge in [0, 0.05) is 19.8 Å². The van der Waals surface area contributed by atoms with Crippen LogP contribution in [0.3, 0.4) is 0 Å². The molecule has 13 heavy (non-hydrogen) atoms. The van der Waals surface area contributed by atoms with Gasteiger partial charge in [-0.1, -0.05) is 13.8 Å². The van der Waals surface area contributed by atoms with Crippen molar-refractivity contribution in [2.45, 2.75) is 26.7 Å². The fraction of sp³-hybridized carbons (Fsp3) is 1.00. The fourth-order valence-corrected chi connectivity index (χ4v) is 3.38. The van der Waals surface area contributed by atoms with Gasteiger partial charge in [-0.15, -0.1) is 0 Å². The van der Waals surface area contributed by atoms with Gasteiger partial charge in [-0.25, -0.2) is 0 Å². The zero-order valence-corrected chi connectivity index (χ0v) is 8.87. The molecule has 2 N–H and O–H groups in total. The minimum atomic E-state index is 0.762. The zero-order chi connectivity index (χ0) is 9.42. The van der Waals surface area contributed by atoms with Crippen LogP contribution in [0.2, 0.25) is 0 Å². The van der Waals surface area contributed by atoms with Crippen molar-refractivity contribution in [2.24, 2.45) is 29.4 Å². The van der Waals surface area contributed by atoms with E-state index in [4.69, 9.17) is 5.73 Å². The van der Waals surface area contributed by atoms with Crippen molar-refractivity contribution >= 4 is 0 Å². The van der Waals surface area contributed by atoms with Gasteiger partial charge in [-0.05, 0) is 36.5 Å². The number of hydrogen-bond donors (Lipinski definition) is 1. The van der Waals surface area contributed by atoms with Crippen LogP contribution in [0.25, 0.3) is 0 Å². The molecule has 3 unspecified atom stereocenters. The summed E-state index contributed by atoms with van der Waals surface area (Å²) < 4.78 is 0. The van der Waals surface area contributed by atoms with Crippen LogP contribution in [-0.2, 0) is 0 Å². The largest absolute Gasteiger partial charge is 0.318 e. The molecule has 2 aliphatic rings. The van der Waals surface area contributed by atoms with E-state index in [0.29, 0.717) is 0 Å². The highest BCUT2D eigenvalue weighted by molar-refractivity contribution is 4.93. The molecule has 0 amide bonds. The highest BCUT2D eigenvalue weighted by atomic mass is 15.2. The molecule has 1 heterocycles. The Bertz CT molecular complexity index is 179. The Balaban J connectivity index is 1.99. The van der Waals surface area contributed by atoms with Gasteiger partial charge >= 0.3 is 0 Å². The molecule has 0 aromatic heterocycles. The van der Waals surface area contributed by atoms with Crippen LogP contribution in [0.1, 0.15) is 26.7 Å². The third-order valence-corrected chi connectivity index (χ3v) is 4.10. The van der Waals surface area contributed by atoms with Crippen molar-refractivity contribution in [3.63, 3.8) is 0 Å². The van der Waals surface area contributed by atoms with E-state index in [0.717, 1.165) is 30.3 Å². The van der Waals surface area contributed by atoms with E-state index in [1.807, 2.05) is 0 Å². The second kappa shape index (κ2) is 3.58. The van der Waals surface area contributed by atoms with Crippen molar-refractivity contribution in [3.05, 3.63) is 0 Å². The molecule has 0 bridgehead atoms. The molecule has 1 aliphatic heterocycles. The molecule has 3 atom stereocenters. The summed E-state index contributed by atoms with van der Waals surface area (Å²) in [5.74, 6) is 3.77. The smallest absolute Gasteiger partial charge is 0.0455 e. The number of nitrogens with two attached hydrogens (primary N) is 1. The van der Waals surface area contributed by atoms with Gasteiger partial charge in [0.25, 0.3) is 0 Å². The summed E-state index contributed by atoms with van der Waals surface area (Å²) in [6.45, 7) is 8.04. The Morgan fingerprint density at radius 3 is 2.69 bits per heavy atom. The molecule has 76 valence electrons. The monoisotopic (exact) mass is 182 g/mol. The van der Waals surface area contributed by atoms with Gasteiger partial charge in [0.05, 0.1) is 0 Å². The summed E-state index contributed by atoms with van der Waals surface area (Å²) in [6, 6.07) is 0. The maximum atomic E-state index is 5.68. The molecule has 1 saturated carbocycles. The van der Waals surface area contributed by atoms with E-state index in [-0.39, 0.29) is 0 Å². The Morgan fingerprint density at radius 1 is 1.31 bits per heavy atom. The van der Waals surface area contributed by atoms with E-state index in [2.05, 4.69) is 18.7 Å². The molecule has 0 spiro atoms. The first-order chi connectivity index (χ1) is 6.22. The first-order valence-electron chi connectivity index (χ1n) is 5.64. The van der Waals surface area contributed by atoms with Gasteiger partial charge in [0.2, 0.25) is 0 Å². The molecular formula is C11H22N2. The number of rotatable bonds is 2. The Hall–Kier alpha value is -0.0800. The average molecular weight is 182 g/mol. The topological polar surface area (TPSA) is 29.3 Å². The van der Waals surface area contributed by atoms with Crippen LogP contribution < -0.4 is 5.73 Å². The molecule has 2 fully saturated rings. The van der Waals surface area contributed by atoms with Crippen LogP contribution in [0.4, 0.5) is 0 Å². The zero-order valence-electron chi connectivity index (χ0n) is 8.87. The quantitative estimate of drug-likeness (QED) is 0.701. The fourth-order valence-electron chi connectivity index (χ4n) is 3.38. The van der Waals surface area contributed by atoms with E-state index >= 15 is 0 Å². The number of hydrogen-bond acceptors (Lipinski definition) is 2. The summed E-state index contributed by atoms with van der Waals surface area (Å²) in [6.07, 6.45) is 2.91. The van der Waals surface area contributed by atoms with Crippen LogP contribution in [0.15, 0.2) is 0 Å². The number of nitrogens with zero attached hydrogens (tertiary/aromatic N) is 1. The van der Waals surface area contributed by atoms with E-state index in [1.165, 1.54) is 25.9 Å². The average Bonchev–Trinajstić information content (AvgIpc) is 2.59. The normalized spacial score (nSPS) is 40.2. The van der Waals surface area contributed by atoms with Crippen molar-refractivity contribution in [2.75, 3.05) is 19.8 Å². The molecular weight excluding hydrogens is 160 g/mol. The van der Waals surface area contributed by atoms with Crippen LogP contribution >= 0.6 is 0 Å². The maximum absolute atomic E-state index is 5.68. The summed E-state index contributed by atoms with van der Waals surface area (Å²) >= 11 is 0. The summed E-state index contributed by atoms with van der Waals surface area (Å²) in [5, 5.41) is 0. The Labute approximate surface area is 81.5 Å². The molecule has 2 heteroatoms. The minimum Gasteiger partial charge on any atom is -0.318 e. The lowest BCUT2D eigenvalue weighted by molar-refractivity contribution is 0.256. The van der Waals surface area contributed by atoms with Crippen molar-refractivity contribution in [1.82, 2.24) is 4.90 Å². The first kappa shape index (κ1) is 9.47. The maximum Gasteiger partial charge on any atom is 0.0455 e. The first-order valence-corrected chi connectivity index (χ1v) is 5.64. The lowest BCUT2D eigenvalue weighted by Gasteiger charge is -2.22. The minimum absolute atomic E-state index is 0.762. The van der Waals surface area contributed by atoms with Gasteiger partial charge < -0.3 is 5.73 Å². The Kier molecular flexibility index (Phi) is 2.61. The molecule has 1 saturated heterocycles. The van der Waals surface area contributed by atoms with Crippen LogP contribution in [0, 0.1) is 23.7 Å². The Morgan fingerprint density at radius 2 is 2.08 bits per heavy atom. The number of fused-ring (bicyclic) bond motifs is 1. The third kappa shape index (κ3) is 1.62. The number of likely N-dealkylation sites (tertiary alicyclic amines) is 1. The van der Waals surface area contributed by atoms with Crippen LogP contribution in [-0.4, -0.2) is 24.7 Å².